The molecule has 1 N–H and O–H groups in total. The second-order valence-corrected chi connectivity index (χ2v) is 9.88. The van der Waals surface area contributed by atoms with Gasteiger partial charge in [0, 0.05) is 47.2 Å². The van der Waals surface area contributed by atoms with Gasteiger partial charge in [0.25, 0.3) is 5.91 Å². The molecule has 1 aliphatic rings. The lowest BCUT2D eigenvalue weighted by molar-refractivity contribution is 0.0952. The van der Waals surface area contributed by atoms with Crippen LogP contribution in [0.25, 0.3) is 20.9 Å². The second-order valence-electron chi connectivity index (χ2n) is 8.97. The topological polar surface area (TPSA) is 35.6 Å². The maximum absolute atomic E-state index is 13.5. The van der Waals surface area contributed by atoms with Gasteiger partial charge in [-0.2, -0.15) is 0 Å². The molecule has 0 unspecified atom stereocenters. The fourth-order valence-electron chi connectivity index (χ4n) is 4.76. The summed E-state index contributed by atoms with van der Waals surface area (Å²) < 4.78 is 14.5. The van der Waals surface area contributed by atoms with Crippen LogP contribution in [0.1, 0.15) is 29.6 Å². The molecule has 1 fully saturated rings. The summed E-state index contributed by atoms with van der Waals surface area (Å²) in [4.78, 5) is 17.5. The van der Waals surface area contributed by atoms with E-state index in [0.717, 1.165) is 78.4 Å². The Morgan fingerprint density at radius 3 is 2.74 bits per heavy atom. The summed E-state index contributed by atoms with van der Waals surface area (Å²) in [5.74, 6) is -0.171. The third kappa shape index (κ3) is 5.24. The van der Waals surface area contributed by atoms with Crippen LogP contribution in [0.4, 0.5) is 10.1 Å². The molecule has 1 saturated heterocycles. The lowest BCUT2D eigenvalue weighted by Crippen LogP contribution is -2.31. The summed E-state index contributed by atoms with van der Waals surface area (Å²) in [6.07, 6.45) is 3.16. The van der Waals surface area contributed by atoms with Crippen molar-refractivity contribution in [1.29, 1.82) is 0 Å². The molecule has 1 aliphatic heterocycles. The number of carbonyl (C=O) groups is 1. The van der Waals surface area contributed by atoms with Gasteiger partial charge in [-0.15, -0.1) is 11.3 Å². The summed E-state index contributed by atoms with van der Waals surface area (Å²) in [7, 11) is 0. The number of benzene rings is 3. The van der Waals surface area contributed by atoms with Crippen LogP contribution in [0.2, 0.25) is 0 Å². The van der Waals surface area contributed by atoms with Gasteiger partial charge in [0.05, 0.1) is 5.69 Å². The van der Waals surface area contributed by atoms with Crippen molar-refractivity contribution in [2.45, 2.75) is 19.3 Å². The quantitative estimate of drug-likeness (QED) is 0.337. The van der Waals surface area contributed by atoms with Gasteiger partial charge in [-0.1, -0.05) is 30.3 Å². The summed E-state index contributed by atoms with van der Waals surface area (Å²) in [6, 6.07) is 19.1. The Morgan fingerprint density at radius 1 is 0.941 bits per heavy atom. The first kappa shape index (κ1) is 22.8. The highest BCUT2D eigenvalue weighted by atomic mass is 32.1. The first-order valence-electron chi connectivity index (χ1n) is 12.1. The largest absolute Gasteiger partial charge is 0.369 e. The first-order chi connectivity index (χ1) is 16.7. The number of hydrogen-bond donors (Lipinski definition) is 1. The van der Waals surface area contributed by atoms with Crippen molar-refractivity contribution in [2.75, 3.05) is 44.2 Å². The van der Waals surface area contributed by atoms with Gasteiger partial charge in [-0.25, -0.2) is 4.39 Å². The number of anilines is 1. The van der Waals surface area contributed by atoms with Gasteiger partial charge < -0.3 is 15.1 Å². The molecule has 3 aromatic carbocycles. The number of fused-ring (bicyclic) bond motifs is 2. The minimum atomic E-state index is -0.170. The van der Waals surface area contributed by atoms with Gasteiger partial charge in [-0.05, 0) is 73.5 Å². The first-order valence-corrected chi connectivity index (χ1v) is 13.0. The third-order valence-electron chi connectivity index (χ3n) is 6.64. The molecule has 1 aromatic heterocycles. The van der Waals surface area contributed by atoms with Crippen LogP contribution in [0.15, 0.2) is 66.0 Å². The van der Waals surface area contributed by atoms with E-state index in [9.17, 15) is 9.18 Å². The van der Waals surface area contributed by atoms with E-state index < -0.39 is 0 Å². The zero-order chi connectivity index (χ0) is 23.3. The van der Waals surface area contributed by atoms with E-state index in [1.165, 1.54) is 5.69 Å². The van der Waals surface area contributed by atoms with Gasteiger partial charge in [0.15, 0.2) is 0 Å². The second kappa shape index (κ2) is 10.5. The predicted molar refractivity (Wildman–Crippen MR) is 141 cm³/mol. The van der Waals surface area contributed by atoms with Crippen molar-refractivity contribution in [3.63, 3.8) is 0 Å². The van der Waals surface area contributed by atoms with E-state index >= 15 is 0 Å². The molecule has 0 atom stereocenters. The van der Waals surface area contributed by atoms with Gasteiger partial charge in [-0.3, -0.25) is 4.79 Å². The number of rotatable bonds is 7. The monoisotopic (exact) mass is 475 g/mol. The lowest BCUT2D eigenvalue weighted by atomic mass is 10.1. The molecule has 176 valence electrons. The fourth-order valence-corrected chi connectivity index (χ4v) is 5.76. The smallest absolute Gasteiger partial charge is 0.251 e. The molecule has 0 radical (unpaired) electrons. The zero-order valence-corrected chi connectivity index (χ0v) is 20.1. The third-order valence-corrected chi connectivity index (χ3v) is 7.58. The van der Waals surface area contributed by atoms with Crippen molar-refractivity contribution in [3.8, 4) is 0 Å². The molecule has 34 heavy (non-hydrogen) atoms. The number of halogens is 1. The standard InChI is InChI=1S/C28H30FN3OS/c29-24-10-11-25-26(20-34-27(25)19-24)32-15-5-14-31(16-17-32)13-4-3-12-30-28(33)23-9-8-21-6-1-2-7-22(21)18-23/h1-2,6-11,18-20H,3-5,12-17H2,(H,30,33). The van der Waals surface area contributed by atoms with Crippen molar-refractivity contribution in [2.24, 2.45) is 0 Å². The summed E-state index contributed by atoms with van der Waals surface area (Å²) in [5.41, 5.74) is 1.95. The molecule has 0 spiro atoms. The number of nitrogens with one attached hydrogen (secondary N) is 1. The normalized spacial score (nSPS) is 15.0. The van der Waals surface area contributed by atoms with E-state index in [2.05, 4.69) is 26.6 Å². The van der Waals surface area contributed by atoms with Gasteiger partial charge in [0.1, 0.15) is 5.82 Å². The van der Waals surface area contributed by atoms with Crippen LogP contribution in [-0.2, 0) is 0 Å². The zero-order valence-electron chi connectivity index (χ0n) is 19.3. The highest BCUT2D eigenvalue weighted by Crippen LogP contribution is 2.34. The van der Waals surface area contributed by atoms with E-state index in [1.54, 1.807) is 23.5 Å². The Hall–Kier alpha value is -2.96. The number of hydrogen-bond acceptors (Lipinski definition) is 4. The number of unbranched alkanes of at least 4 members (excludes halogenated alkanes) is 1. The van der Waals surface area contributed by atoms with Crippen molar-refractivity contribution in [1.82, 2.24) is 10.2 Å². The molecule has 1 amide bonds. The van der Waals surface area contributed by atoms with Gasteiger partial charge >= 0.3 is 0 Å². The fraction of sp³-hybridized carbons (Fsp3) is 0.321. The van der Waals surface area contributed by atoms with Crippen molar-refractivity contribution < 1.29 is 9.18 Å². The Kier molecular flexibility index (Phi) is 7.07. The Balaban J connectivity index is 1.06. The Labute approximate surface area is 204 Å². The Morgan fingerprint density at radius 2 is 1.82 bits per heavy atom. The maximum atomic E-state index is 13.5. The van der Waals surface area contributed by atoms with Crippen LogP contribution >= 0.6 is 11.3 Å². The predicted octanol–water partition coefficient (Wildman–Crippen LogP) is 5.92. The number of thiophene rings is 1. The molecular weight excluding hydrogens is 445 g/mol. The maximum Gasteiger partial charge on any atom is 0.251 e. The molecule has 4 nitrogen and oxygen atoms in total. The van der Waals surface area contributed by atoms with Crippen LogP contribution in [0, 0.1) is 5.82 Å². The van der Waals surface area contributed by atoms with Crippen LogP contribution < -0.4 is 10.2 Å². The van der Waals surface area contributed by atoms with Gasteiger partial charge in [0.2, 0.25) is 0 Å². The minimum Gasteiger partial charge on any atom is -0.369 e. The number of amides is 1. The molecular formula is C28H30FN3OS. The van der Waals surface area contributed by atoms with Crippen LogP contribution in [0.3, 0.4) is 0 Å². The average Bonchev–Trinajstić information content (AvgIpc) is 3.13. The molecule has 0 bridgehead atoms. The average molecular weight is 476 g/mol. The van der Waals surface area contributed by atoms with Crippen LogP contribution in [0.5, 0.6) is 0 Å². The van der Waals surface area contributed by atoms with Crippen LogP contribution in [-0.4, -0.2) is 50.1 Å². The van der Waals surface area contributed by atoms with Crippen molar-refractivity contribution in [3.05, 3.63) is 77.4 Å². The lowest BCUT2D eigenvalue weighted by Gasteiger charge is -2.23. The molecule has 4 aromatic rings. The number of carbonyl (C=O) groups excluding carboxylic acids is 1. The minimum absolute atomic E-state index is 0.000891. The van der Waals surface area contributed by atoms with E-state index in [4.69, 9.17) is 0 Å². The molecule has 2 heterocycles. The highest BCUT2D eigenvalue weighted by molar-refractivity contribution is 7.17. The molecule has 0 aliphatic carbocycles. The van der Waals surface area contributed by atoms with E-state index in [-0.39, 0.29) is 11.7 Å². The SMILES string of the molecule is O=C(NCCCCN1CCCN(c2csc3cc(F)ccc23)CC1)c1ccc2ccccc2c1. The summed E-state index contributed by atoms with van der Waals surface area (Å²) >= 11 is 1.62. The Bertz CT molecular complexity index is 1290. The summed E-state index contributed by atoms with van der Waals surface area (Å²) in [6.45, 7) is 5.89. The number of nitrogens with zero attached hydrogens (tertiary/aromatic N) is 2. The molecule has 6 heteroatoms. The van der Waals surface area contributed by atoms with E-state index in [1.807, 2.05) is 42.5 Å². The molecule has 0 saturated carbocycles. The van der Waals surface area contributed by atoms with Crippen molar-refractivity contribution >= 4 is 43.8 Å². The molecule has 5 rings (SSSR count). The highest BCUT2D eigenvalue weighted by Gasteiger charge is 2.18. The van der Waals surface area contributed by atoms with E-state index in [0.29, 0.717) is 6.54 Å². The summed E-state index contributed by atoms with van der Waals surface area (Å²) in [5, 5.41) is 8.63.